The highest BCUT2D eigenvalue weighted by molar-refractivity contribution is 5.97. The van der Waals surface area contributed by atoms with Crippen molar-refractivity contribution < 1.29 is 4.79 Å². The Hall–Kier alpha value is -1.51. The number of carbonyl (C=O) groups is 1. The molecule has 0 aliphatic carbocycles. The zero-order valence-electron chi connectivity index (χ0n) is 8.53. The molecule has 1 aliphatic heterocycles. The molecule has 0 spiro atoms. The number of hydrogen-bond acceptors (Lipinski definition) is 2. The molecule has 0 atom stereocenters. The van der Waals surface area contributed by atoms with Gasteiger partial charge in [-0.05, 0) is 12.1 Å². The van der Waals surface area contributed by atoms with Crippen molar-refractivity contribution in [3.8, 4) is 0 Å². The van der Waals surface area contributed by atoms with Crippen LogP contribution in [0.15, 0.2) is 24.3 Å². The number of amides is 1. The monoisotopic (exact) mass is 190 g/mol. The van der Waals surface area contributed by atoms with Crippen molar-refractivity contribution >= 4 is 17.3 Å². The van der Waals surface area contributed by atoms with E-state index in [-0.39, 0.29) is 5.91 Å². The van der Waals surface area contributed by atoms with Crippen molar-refractivity contribution in [3.63, 3.8) is 0 Å². The first kappa shape index (κ1) is 9.06. The Labute approximate surface area is 83.9 Å². The maximum Gasteiger partial charge on any atom is 0.228 e. The van der Waals surface area contributed by atoms with Gasteiger partial charge in [0.25, 0.3) is 0 Å². The zero-order chi connectivity index (χ0) is 10.1. The van der Waals surface area contributed by atoms with Gasteiger partial charge in [0.15, 0.2) is 0 Å². The molecule has 1 aliphatic rings. The molecule has 0 unspecified atom stereocenters. The van der Waals surface area contributed by atoms with Crippen molar-refractivity contribution in [2.24, 2.45) is 0 Å². The molecule has 1 aromatic rings. The normalized spacial score (nSPS) is 16.6. The maximum atomic E-state index is 11.6. The summed E-state index contributed by atoms with van der Waals surface area (Å²) in [5.41, 5.74) is 2.12. The molecule has 0 saturated carbocycles. The van der Waals surface area contributed by atoms with Crippen LogP contribution in [0.1, 0.15) is 6.42 Å². The van der Waals surface area contributed by atoms with Crippen LogP contribution in [0.2, 0.25) is 0 Å². The van der Waals surface area contributed by atoms with Crippen LogP contribution in [0.5, 0.6) is 0 Å². The number of carbonyl (C=O) groups excluding carboxylic acids is 1. The molecule has 0 bridgehead atoms. The highest BCUT2D eigenvalue weighted by Gasteiger charge is 2.20. The van der Waals surface area contributed by atoms with Gasteiger partial charge in [0.2, 0.25) is 5.91 Å². The minimum absolute atomic E-state index is 0.182. The fraction of sp³-hybridized carbons (Fsp3) is 0.364. The van der Waals surface area contributed by atoms with Gasteiger partial charge in [-0.2, -0.15) is 0 Å². The second kappa shape index (κ2) is 3.33. The summed E-state index contributed by atoms with van der Waals surface area (Å²) < 4.78 is 0. The molecule has 0 N–H and O–H groups in total. The van der Waals surface area contributed by atoms with Gasteiger partial charge in [-0.15, -0.1) is 0 Å². The van der Waals surface area contributed by atoms with Gasteiger partial charge in [0, 0.05) is 27.1 Å². The fourth-order valence-electron chi connectivity index (χ4n) is 1.76. The van der Waals surface area contributed by atoms with Gasteiger partial charge in [0.05, 0.1) is 11.4 Å². The van der Waals surface area contributed by atoms with Gasteiger partial charge in [-0.3, -0.25) is 4.79 Å². The Bertz CT molecular complexity index is 362. The number of benzene rings is 1. The number of rotatable bonds is 0. The molecular weight excluding hydrogens is 176 g/mol. The first-order valence-corrected chi connectivity index (χ1v) is 4.77. The molecule has 74 valence electrons. The van der Waals surface area contributed by atoms with Crippen LogP contribution in [0.4, 0.5) is 11.4 Å². The lowest BCUT2D eigenvalue weighted by molar-refractivity contribution is -0.118. The second-order valence-electron chi connectivity index (χ2n) is 3.61. The molecule has 0 aromatic heterocycles. The van der Waals surface area contributed by atoms with Crippen LogP contribution in [-0.2, 0) is 4.79 Å². The van der Waals surface area contributed by atoms with Crippen molar-refractivity contribution in [2.45, 2.75) is 6.42 Å². The van der Waals surface area contributed by atoms with Gasteiger partial charge < -0.3 is 9.80 Å². The van der Waals surface area contributed by atoms with Gasteiger partial charge in [0.1, 0.15) is 0 Å². The summed E-state index contributed by atoms with van der Waals surface area (Å²) in [7, 11) is 3.85. The van der Waals surface area contributed by atoms with Crippen molar-refractivity contribution in [1.29, 1.82) is 0 Å². The number of para-hydroxylation sites is 2. The first-order chi connectivity index (χ1) is 6.70. The topological polar surface area (TPSA) is 23.6 Å². The predicted octanol–water partition coefficient (Wildman–Crippen LogP) is 1.49. The molecule has 1 heterocycles. The van der Waals surface area contributed by atoms with Crippen molar-refractivity contribution in [3.05, 3.63) is 24.3 Å². The Balaban J connectivity index is 2.51. The minimum Gasteiger partial charge on any atom is -0.372 e. The van der Waals surface area contributed by atoms with Crippen LogP contribution in [0, 0.1) is 0 Å². The summed E-state index contributed by atoms with van der Waals surface area (Å²) in [4.78, 5) is 15.5. The Morgan fingerprint density at radius 1 is 1.14 bits per heavy atom. The van der Waals surface area contributed by atoms with E-state index in [9.17, 15) is 4.79 Å². The summed E-state index contributed by atoms with van der Waals surface area (Å²) in [6.45, 7) is 0.792. The summed E-state index contributed by atoms with van der Waals surface area (Å²) in [6, 6.07) is 7.99. The van der Waals surface area contributed by atoms with E-state index in [1.165, 1.54) is 0 Å². The molecule has 1 amide bonds. The third kappa shape index (κ3) is 1.35. The zero-order valence-corrected chi connectivity index (χ0v) is 8.53. The highest BCUT2D eigenvalue weighted by atomic mass is 16.2. The lowest BCUT2D eigenvalue weighted by atomic mass is 10.2. The third-order valence-electron chi connectivity index (χ3n) is 2.69. The average molecular weight is 190 g/mol. The molecule has 0 saturated heterocycles. The summed E-state index contributed by atoms with van der Waals surface area (Å²) >= 11 is 0. The van der Waals surface area contributed by atoms with Crippen LogP contribution in [-0.4, -0.2) is 26.5 Å². The van der Waals surface area contributed by atoms with Crippen molar-refractivity contribution in [2.75, 3.05) is 30.4 Å². The third-order valence-corrected chi connectivity index (χ3v) is 2.69. The lowest BCUT2D eigenvalue weighted by Crippen LogP contribution is -2.25. The van der Waals surface area contributed by atoms with Crippen LogP contribution in [0.3, 0.4) is 0 Å². The van der Waals surface area contributed by atoms with E-state index in [1.54, 1.807) is 4.90 Å². The van der Waals surface area contributed by atoms with Crippen molar-refractivity contribution in [1.82, 2.24) is 0 Å². The number of anilines is 2. The molecule has 1 aromatic carbocycles. The van der Waals surface area contributed by atoms with E-state index >= 15 is 0 Å². The van der Waals surface area contributed by atoms with Gasteiger partial charge >= 0.3 is 0 Å². The smallest absolute Gasteiger partial charge is 0.228 e. The van der Waals surface area contributed by atoms with E-state index in [2.05, 4.69) is 4.90 Å². The van der Waals surface area contributed by atoms with Gasteiger partial charge in [-0.25, -0.2) is 0 Å². The van der Waals surface area contributed by atoms with Crippen LogP contribution >= 0.6 is 0 Å². The molecule has 3 heteroatoms. The summed E-state index contributed by atoms with van der Waals surface area (Å²) in [5.74, 6) is 0.182. The summed E-state index contributed by atoms with van der Waals surface area (Å²) in [6.07, 6.45) is 0.585. The second-order valence-corrected chi connectivity index (χ2v) is 3.61. The number of fused-ring (bicyclic) bond motifs is 1. The SMILES string of the molecule is CN1CCC(=O)N(C)c2ccccc21. The fourth-order valence-corrected chi connectivity index (χ4v) is 1.76. The van der Waals surface area contributed by atoms with Gasteiger partial charge in [-0.1, -0.05) is 12.1 Å². The van der Waals surface area contributed by atoms with E-state index in [4.69, 9.17) is 0 Å². The van der Waals surface area contributed by atoms with Crippen LogP contribution < -0.4 is 9.80 Å². The standard InChI is InChI=1S/C11H14N2O/c1-12-8-7-11(14)13(2)10-6-4-3-5-9(10)12/h3-6H,7-8H2,1-2H3. The summed E-state index contributed by atoms with van der Waals surface area (Å²) in [5, 5.41) is 0. The van der Waals surface area contributed by atoms with E-state index in [0.29, 0.717) is 6.42 Å². The maximum absolute atomic E-state index is 11.6. The molecule has 2 rings (SSSR count). The largest absolute Gasteiger partial charge is 0.372 e. The lowest BCUT2D eigenvalue weighted by Gasteiger charge is -2.20. The number of hydrogen-bond donors (Lipinski definition) is 0. The molecule has 3 nitrogen and oxygen atoms in total. The molecule has 14 heavy (non-hydrogen) atoms. The average Bonchev–Trinajstić information content (AvgIpc) is 2.33. The molecule has 0 fully saturated rings. The Morgan fingerprint density at radius 2 is 1.79 bits per heavy atom. The molecule has 0 radical (unpaired) electrons. The first-order valence-electron chi connectivity index (χ1n) is 4.77. The quantitative estimate of drug-likeness (QED) is 0.618. The van der Waals surface area contributed by atoms with E-state index in [0.717, 1.165) is 17.9 Å². The highest BCUT2D eigenvalue weighted by Crippen LogP contribution is 2.30. The number of nitrogens with zero attached hydrogens (tertiary/aromatic N) is 2. The molecular formula is C11H14N2O. The van der Waals surface area contributed by atoms with E-state index < -0.39 is 0 Å². The predicted molar refractivity (Wildman–Crippen MR) is 57.7 cm³/mol. The Morgan fingerprint density at radius 3 is 2.50 bits per heavy atom. The minimum atomic E-state index is 0.182. The van der Waals surface area contributed by atoms with E-state index in [1.807, 2.05) is 38.4 Å². The Kier molecular flexibility index (Phi) is 2.15. The van der Waals surface area contributed by atoms with Crippen LogP contribution in [0.25, 0.3) is 0 Å².